The summed E-state index contributed by atoms with van der Waals surface area (Å²) in [4.78, 5) is 29.0. The first kappa shape index (κ1) is 19.4. The molecule has 152 valence electrons. The first-order valence-corrected chi connectivity index (χ1v) is 9.51. The molecule has 2 heterocycles. The quantitative estimate of drug-likeness (QED) is 0.387. The van der Waals surface area contributed by atoms with Gasteiger partial charge in [0, 0.05) is 22.2 Å². The highest BCUT2D eigenvalue weighted by Crippen LogP contribution is 2.25. The lowest BCUT2D eigenvalue weighted by atomic mass is 10.0. The van der Waals surface area contributed by atoms with E-state index in [4.69, 9.17) is 9.47 Å². The van der Waals surface area contributed by atoms with Gasteiger partial charge in [0.25, 0.3) is 0 Å². The van der Waals surface area contributed by atoms with Gasteiger partial charge in [0.05, 0.1) is 19.0 Å². The summed E-state index contributed by atoms with van der Waals surface area (Å²) in [5.41, 5.74) is 2.90. The molecule has 0 saturated carbocycles. The van der Waals surface area contributed by atoms with Crippen LogP contribution in [-0.4, -0.2) is 39.7 Å². The van der Waals surface area contributed by atoms with Crippen molar-refractivity contribution in [1.82, 2.24) is 14.8 Å². The van der Waals surface area contributed by atoms with Gasteiger partial charge < -0.3 is 14.5 Å². The molecule has 0 bridgehead atoms. The zero-order valence-electron chi connectivity index (χ0n) is 16.9. The summed E-state index contributed by atoms with van der Waals surface area (Å²) in [5.74, 6) is -0.730. The van der Waals surface area contributed by atoms with E-state index >= 15 is 0 Å². The van der Waals surface area contributed by atoms with Crippen LogP contribution in [0.25, 0.3) is 16.6 Å². The molecule has 30 heavy (non-hydrogen) atoms. The van der Waals surface area contributed by atoms with Gasteiger partial charge >= 0.3 is 5.97 Å². The van der Waals surface area contributed by atoms with Gasteiger partial charge in [0.1, 0.15) is 0 Å². The van der Waals surface area contributed by atoms with Crippen LogP contribution < -0.4 is 4.74 Å². The molecule has 7 heteroatoms. The van der Waals surface area contributed by atoms with Crippen LogP contribution in [0.4, 0.5) is 0 Å². The number of para-hydroxylation sites is 2. The van der Waals surface area contributed by atoms with E-state index in [0.29, 0.717) is 5.56 Å². The van der Waals surface area contributed by atoms with Crippen molar-refractivity contribution in [3.8, 4) is 11.4 Å². The Morgan fingerprint density at radius 2 is 1.77 bits per heavy atom. The van der Waals surface area contributed by atoms with Crippen LogP contribution in [0.1, 0.15) is 33.5 Å². The lowest BCUT2D eigenvalue weighted by molar-refractivity contribution is 0.0310. The van der Waals surface area contributed by atoms with Gasteiger partial charge in [-0.15, -0.1) is 0 Å². The molecule has 0 spiro atoms. The van der Waals surface area contributed by atoms with Crippen molar-refractivity contribution in [2.45, 2.75) is 20.0 Å². The van der Waals surface area contributed by atoms with Gasteiger partial charge in [-0.25, -0.2) is 9.48 Å². The molecular formula is C23H21N3O4. The van der Waals surface area contributed by atoms with Crippen molar-refractivity contribution in [3.63, 3.8) is 0 Å². The number of aromatic amines is 1. The second-order valence-corrected chi connectivity index (χ2v) is 6.91. The fraction of sp³-hybridized carbons (Fsp3) is 0.174. The SMILES string of the molecule is COc1cn(-c2ccccc2)nc1C(=O)O[C@@H](C)C(=O)c1c(C)[nH]c2ccccc12. The third kappa shape index (κ3) is 3.45. The number of benzene rings is 2. The molecule has 0 aliphatic carbocycles. The van der Waals surface area contributed by atoms with Gasteiger partial charge in [0.2, 0.25) is 11.5 Å². The number of aromatic nitrogens is 3. The van der Waals surface area contributed by atoms with Crippen molar-refractivity contribution >= 4 is 22.7 Å². The zero-order chi connectivity index (χ0) is 21.3. The summed E-state index contributed by atoms with van der Waals surface area (Å²) in [5, 5.41) is 5.09. The fourth-order valence-electron chi connectivity index (χ4n) is 3.43. The number of hydrogen-bond acceptors (Lipinski definition) is 5. The fourth-order valence-corrected chi connectivity index (χ4v) is 3.43. The second-order valence-electron chi connectivity index (χ2n) is 6.91. The highest BCUT2D eigenvalue weighted by atomic mass is 16.5. The smallest absolute Gasteiger partial charge is 0.363 e. The standard InChI is InChI=1S/C23H21N3O4/c1-14-20(17-11-7-8-12-18(17)24-14)22(27)15(2)30-23(28)21-19(29-3)13-26(25-21)16-9-5-4-6-10-16/h4-13,15,24H,1-3H3/t15-/m0/s1. The van der Waals surface area contributed by atoms with Crippen LogP contribution in [0.15, 0.2) is 60.8 Å². The maximum Gasteiger partial charge on any atom is 0.363 e. The minimum Gasteiger partial charge on any atom is -0.493 e. The van der Waals surface area contributed by atoms with Crippen molar-refractivity contribution in [2.75, 3.05) is 7.11 Å². The number of hydrogen-bond donors (Lipinski definition) is 1. The number of carbonyl (C=O) groups excluding carboxylic acids is 2. The van der Waals surface area contributed by atoms with E-state index in [9.17, 15) is 9.59 Å². The van der Waals surface area contributed by atoms with E-state index in [1.807, 2.05) is 61.5 Å². The topological polar surface area (TPSA) is 86.2 Å². The number of nitrogens with zero attached hydrogens (tertiary/aromatic N) is 2. The third-order valence-corrected chi connectivity index (χ3v) is 4.91. The number of Topliss-reactive ketones (excluding diaryl/α,β-unsaturated/α-hetero) is 1. The maximum absolute atomic E-state index is 13.0. The van der Waals surface area contributed by atoms with E-state index in [1.54, 1.807) is 13.1 Å². The average Bonchev–Trinajstić information content (AvgIpc) is 3.34. The van der Waals surface area contributed by atoms with Crippen molar-refractivity contribution in [2.24, 2.45) is 0 Å². The molecule has 4 rings (SSSR count). The number of aryl methyl sites for hydroxylation is 1. The van der Waals surface area contributed by atoms with Crippen LogP contribution in [-0.2, 0) is 4.74 Å². The van der Waals surface area contributed by atoms with Gasteiger partial charge in [-0.2, -0.15) is 5.10 Å². The molecule has 0 saturated heterocycles. The van der Waals surface area contributed by atoms with Crippen LogP contribution in [0, 0.1) is 6.92 Å². The highest BCUT2D eigenvalue weighted by Gasteiger charge is 2.27. The number of fused-ring (bicyclic) bond motifs is 1. The molecule has 2 aromatic carbocycles. The van der Waals surface area contributed by atoms with Gasteiger partial charge in [-0.05, 0) is 32.0 Å². The van der Waals surface area contributed by atoms with E-state index in [-0.39, 0.29) is 17.2 Å². The lowest BCUT2D eigenvalue weighted by Gasteiger charge is -2.12. The summed E-state index contributed by atoms with van der Waals surface area (Å²) in [6.45, 7) is 3.38. The monoisotopic (exact) mass is 403 g/mol. The Bertz CT molecular complexity index is 1220. The number of methoxy groups -OCH3 is 1. The number of carbonyl (C=O) groups is 2. The summed E-state index contributed by atoms with van der Waals surface area (Å²) >= 11 is 0. The zero-order valence-corrected chi connectivity index (χ0v) is 16.9. The Labute approximate surface area is 173 Å². The predicted octanol–water partition coefficient (Wildman–Crippen LogP) is 4.10. The number of ether oxygens (including phenoxy) is 2. The average molecular weight is 403 g/mol. The van der Waals surface area contributed by atoms with Gasteiger partial charge in [0.15, 0.2) is 11.9 Å². The van der Waals surface area contributed by atoms with E-state index in [2.05, 4.69) is 10.1 Å². The Morgan fingerprint density at radius 1 is 1.07 bits per heavy atom. The first-order chi connectivity index (χ1) is 14.5. The Kier molecular flexibility index (Phi) is 5.10. The van der Waals surface area contributed by atoms with E-state index in [1.165, 1.54) is 11.8 Å². The molecule has 7 nitrogen and oxygen atoms in total. The van der Waals surface area contributed by atoms with Gasteiger partial charge in [-0.3, -0.25) is 4.79 Å². The molecule has 0 unspecified atom stereocenters. The molecule has 4 aromatic rings. The van der Waals surface area contributed by atoms with Crippen LogP contribution in [0.5, 0.6) is 5.75 Å². The van der Waals surface area contributed by atoms with Gasteiger partial charge in [-0.1, -0.05) is 36.4 Å². The Morgan fingerprint density at radius 3 is 2.50 bits per heavy atom. The number of ketones is 1. The molecule has 1 N–H and O–H groups in total. The number of nitrogens with one attached hydrogen (secondary N) is 1. The molecule has 0 radical (unpaired) electrons. The third-order valence-electron chi connectivity index (χ3n) is 4.91. The number of esters is 1. The Hall–Kier alpha value is -3.87. The van der Waals surface area contributed by atoms with Crippen molar-refractivity contribution in [3.05, 3.63) is 77.7 Å². The number of rotatable bonds is 6. The molecule has 0 aliphatic rings. The molecular weight excluding hydrogens is 382 g/mol. The molecule has 0 aliphatic heterocycles. The second kappa shape index (κ2) is 7.87. The predicted molar refractivity (Wildman–Crippen MR) is 112 cm³/mol. The summed E-state index contributed by atoms with van der Waals surface area (Å²) in [7, 11) is 1.45. The normalized spacial score (nSPS) is 12.0. The lowest BCUT2D eigenvalue weighted by Crippen LogP contribution is -2.25. The minimum atomic E-state index is -0.984. The Balaban J connectivity index is 1.58. The molecule has 1 atom stereocenters. The van der Waals surface area contributed by atoms with Crippen LogP contribution in [0.3, 0.4) is 0 Å². The maximum atomic E-state index is 13.0. The minimum absolute atomic E-state index is 0.0108. The van der Waals surface area contributed by atoms with Crippen molar-refractivity contribution < 1.29 is 19.1 Å². The summed E-state index contributed by atoms with van der Waals surface area (Å²) in [6.07, 6.45) is 0.615. The van der Waals surface area contributed by atoms with E-state index < -0.39 is 12.1 Å². The largest absolute Gasteiger partial charge is 0.493 e. The highest BCUT2D eigenvalue weighted by molar-refractivity contribution is 6.11. The molecule has 0 amide bonds. The molecule has 2 aromatic heterocycles. The van der Waals surface area contributed by atoms with Crippen molar-refractivity contribution in [1.29, 1.82) is 0 Å². The summed E-state index contributed by atoms with van der Waals surface area (Å²) < 4.78 is 12.3. The van der Waals surface area contributed by atoms with Crippen LogP contribution in [0.2, 0.25) is 0 Å². The summed E-state index contributed by atoms with van der Waals surface area (Å²) in [6, 6.07) is 16.9. The van der Waals surface area contributed by atoms with Crippen LogP contribution >= 0.6 is 0 Å². The van der Waals surface area contributed by atoms with E-state index in [0.717, 1.165) is 22.3 Å². The first-order valence-electron chi connectivity index (χ1n) is 9.51. The number of H-pyrrole nitrogens is 1. The molecule has 0 fully saturated rings.